The number of rotatable bonds is 5. The fourth-order valence-corrected chi connectivity index (χ4v) is 3.79. The molecule has 0 aliphatic carbocycles. The van der Waals surface area contributed by atoms with Crippen LogP contribution in [0, 0.1) is 6.92 Å². The van der Waals surface area contributed by atoms with Gasteiger partial charge in [-0.25, -0.2) is 9.97 Å². The van der Waals surface area contributed by atoms with Gasteiger partial charge in [0.25, 0.3) is 5.91 Å². The summed E-state index contributed by atoms with van der Waals surface area (Å²) >= 11 is 0. The first-order chi connectivity index (χ1) is 14.1. The number of anilines is 3. The van der Waals surface area contributed by atoms with Crippen molar-refractivity contribution in [1.82, 2.24) is 19.8 Å². The van der Waals surface area contributed by atoms with E-state index in [0.717, 1.165) is 30.9 Å². The third-order valence-corrected chi connectivity index (χ3v) is 5.42. The summed E-state index contributed by atoms with van der Waals surface area (Å²) in [6.07, 6.45) is 3.32. The van der Waals surface area contributed by atoms with Gasteiger partial charge in [0.15, 0.2) is 0 Å². The molecule has 2 aliphatic rings. The number of carbonyl (C=O) groups excluding carboxylic acids is 2. The summed E-state index contributed by atoms with van der Waals surface area (Å²) in [5.74, 6) is 0.280. The molecule has 0 spiro atoms. The van der Waals surface area contributed by atoms with Crippen LogP contribution in [-0.2, 0) is 4.79 Å². The molecular weight excluding hydrogens is 368 g/mol. The lowest BCUT2D eigenvalue weighted by atomic mass is 10.2. The Bertz CT molecular complexity index is 871. The van der Waals surface area contributed by atoms with Crippen LogP contribution in [0.1, 0.15) is 29.0 Å². The van der Waals surface area contributed by atoms with E-state index in [4.69, 9.17) is 0 Å². The Morgan fingerprint density at radius 2 is 1.69 bits per heavy atom. The normalized spacial score (nSPS) is 16.8. The summed E-state index contributed by atoms with van der Waals surface area (Å²) in [6, 6.07) is 9.93. The van der Waals surface area contributed by atoms with Crippen molar-refractivity contribution in [3.05, 3.63) is 41.7 Å². The van der Waals surface area contributed by atoms with Crippen LogP contribution in [0.3, 0.4) is 0 Å². The van der Waals surface area contributed by atoms with Gasteiger partial charge >= 0.3 is 0 Å². The number of amides is 2. The molecule has 2 aliphatic heterocycles. The van der Waals surface area contributed by atoms with Crippen LogP contribution in [0.5, 0.6) is 0 Å². The summed E-state index contributed by atoms with van der Waals surface area (Å²) < 4.78 is 0. The van der Waals surface area contributed by atoms with Crippen LogP contribution in [0.15, 0.2) is 30.3 Å². The fourth-order valence-electron chi connectivity index (χ4n) is 3.79. The van der Waals surface area contributed by atoms with Crippen molar-refractivity contribution in [2.75, 3.05) is 49.5 Å². The van der Waals surface area contributed by atoms with Crippen molar-refractivity contribution < 1.29 is 9.59 Å². The molecule has 0 atom stereocenters. The van der Waals surface area contributed by atoms with Gasteiger partial charge in [0.2, 0.25) is 12.4 Å². The average Bonchev–Trinajstić information content (AvgIpc) is 3.28. The fraction of sp³-hybridized carbons (Fsp3) is 0.429. The number of hydrogen-bond acceptors (Lipinski definition) is 6. The van der Waals surface area contributed by atoms with E-state index in [-0.39, 0.29) is 5.91 Å². The van der Waals surface area contributed by atoms with E-state index in [9.17, 15) is 9.59 Å². The quantitative estimate of drug-likeness (QED) is 0.782. The highest BCUT2D eigenvalue weighted by molar-refractivity contribution is 5.93. The van der Waals surface area contributed by atoms with Gasteiger partial charge in [-0.3, -0.25) is 9.59 Å². The van der Waals surface area contributed by atoms with Crippen LogP contribution in [-0.4, -0.2) is 71.4 Å². The third-order valence-electron chi connectivity index (χ3n) is 5.42. The summed E-state index contributed by atoms with van der Waals surface area (Å²) in [5.41, 5.74) is 3.21. The van der Waals surface area contributed by atoms with Crippen molar-refractivity contribution in [3.8, 4) is 0 Å². The molecule has 2 amide bonds. The van der Waals surface area contributed by atoms with Gasteiger partial charge in [-0.1, -0.05) is 0 Å². The first-order valence-electron chi connectivity index (χ1n) is 10.1. The lowest BCUT2D eigenvalue weighted by Gasteiger charge is -2.32. The molecule has 0 bridgehead atoms. The Hall–Kier alpha value is -3.16. The van der Waals surface area contributed by atoms with Crippen LogP contribution in [0.2, 0.25) is 0 Å². The van der Waals surface area contributed by atoms with Gasteiger partial charge in [-0.15, -0.1) is 0 Å². The Balaban J connectivity index is 1.45. The van der Waals surface area contributed by atoms with E-state index < -0.39 is 0 Å². The lowest BCUT2D eigenvalue weighted by molar-refractivity contribution is -0.119. The van der Waals surface area contributed by atoms with Gasteiger partial charge in [-0.2, -0.15) is 0 Å². The molecule has 1 N–H and O–H groups in total. The number of aromatic nitrogens is 2. The summed E-state index contributed by atoms with van der Waals surface area (Å²) in [4.78, 5) is 38.3. The van der Waals surface area contributed by atoms with E-state index in [1.165, 1.54) is 18.5 Å². The summed E-state index contributed by atoms with van der Waals surface area (Å²) in [6.45, 7) is 6.20. The van der Waals surface area contributed by atoms with Crippen LogP contribution in [0.25, 0.3) is 0 Å². The Kier molecular flexibility index (Phi) is 5.59. The van der Waals surface area contributed by atoms with E-state index in [1.807, 2.05) is 19.1 Å². The maximum Gasteiger partial charge on any atom is 0.272 e. The largest absolute Gasteiger partial charge is 0.372 e. The highest BCUT2D eigenvalue weighted by Gasteiger charge is 2.23. The van der Waals surface area contributed by atoms with E-state index >= 15 is 0 Å². The number of nitrogens with one attached hydrogen (secondary N) is 1. The van der Waals surface area contributed by atoms with Crippen molar-refractivity contribution in [2.24, 2.45) is 0 Å². The third kappa shape index (κ3) is 4.47. The molecule has 1 aromatic heterocycles. The van der Waals surface area contributed by atoms with Crippen LogP contribution in [0.4, 0.5) is 17.3 Å². The van der Waals surface area contributed by atoms with Gasteiger partial charge < -0.3 is 20.0 Å². The van der Waals surface area contributed by atoms with Gasteiger partial charge in [0, 0.05) is 56.3 Å². The van der Waals surface area contributed by atoms with Crippen LogP contribution < -0.4 is 10.2 Å². The highest BCUT2D eigenvalue weighted by Crippen LogP contribution is 2.23. The van der Waals surface area contributed by atoms with Crippen LogP contribution >= 0.6 is 0 Å². The molecule has 8 nitrogen and oxygen atoms in total. The van der Waals surface area contributed by atoms with Gasteiger partial charge in [-0.05, 0) is 50.1 Å². The minimum absolute atomic E-state index is 0.131. The smallest absolute Gasteiger partial charge is 0.272 e. The van der Waals surface area contributed by atoms with E-state index in [2.05, 4.69) is 32.3 Å². The minimum atomic E-state index is -0.131. The van der Waals surface area contributed by atoms with E-state index in [0.29, 0.717) is 37.8 Å². The molecule has 0 saturated carbocycles. The molecule has 4 rings (SSSR count). The maximum atomic E-state index is 12.8. The Morgan fingerprint density at radius 1 is 1.00 bits per heavy atom. The topological polar surface area (TPSA) is 81.7 Å². The molecule has 2 saturated heterocycles. The molecular formula is C21H26N6O2. The number of carbonyl (C=O) groups is 2. The number of piperazine rings is 1. The monoisotopic (exact) mass is 394 g/mol. The predicted molar refractivity (Wildman–Crippen MR) is 111 cm³/mol. The molecule has 0 unspecified atom stereocenters. The maximum absolute atomic E-state index is 12.8. The second-order valence-corrected chi connectivity index (χ2v) is 7.52. The lowest BCUT2D eigenvalue weighted by Crippen LogP contribution is -2.48. The number of aryl methyl sites for hydroxylation is 1. The standard InChI is InChI=1S/C21H26N6O2/c1-16-14-19(20(29)27-12-10-25(15-28)11-13-27)24-21(22-16)23-17-4-6-18(7-5-17)26-8-2-3-9-26/h4-7,14-15H,2-3,8-13H2,1H3,(H,22,23,24). The zero-order valence-corrected chi connectivity index (χ0v) is 16.7. The second kappa shape index (κ2) is 8.46. The summed E-state index contributed by atoms with van der Waals surface area (Å²) in [7, 11) is 0. The molecule has 152 valence electrons. The Morgan fingerprint density at radius 3 is 2.34 bits per heavy atom. The molecule has 29 heavy (non-hydrogen) atoms. The molecule has 2 aromatic rings. The van der Waals surface area contributed by atoms with Gasteiger partial charge in [0.1, 0.15) is 5.69 Å². The molecule has 8 heteroatoms. The van der Waals surface area contributed by atoms with Gasteiger partial charge in [0.05, 0.1) is 0 Å². The molecule has 3 heterocycles. The van der Waals surface area contributed by atoms with Crippen molar-refractivity contribution in [1.29, 1.82) is 0 Å². The zero-order valence-electron chi connectivity index (χ0n) is 16.7. The van der Waals surface area contributed by atoms with Crippen molar-refractivity contribution >= 4 is 29.6 Å². The average molecular weight is 394 g/mol. The SMILES string of the molecule is Cc1cc(C(=O)N2CCN(C=O)CC2)nc(Nc2ccc(N3CCCC3)cc2)n1. The minimum Gasteiger partial charge on any atom is -0.372 e. The second-order valence-electron chi connectivity index (χ2n) is 7.52. The number of benzene rings is 1. The number of hydrogen-bond donors (Lipinski definition) is 1. The molecule has 2 fully saturated rings. The molecule has 0 radical (unpaired) electrons. The first kappa shape index (κ1) is 19.2. The Labute approximate surface area is 170 Å². The molecule has 1 aromatic carbocycles. The van der Waals surface area contributed by atoms with Crippen molar-refractivity contribution in [2.45, 2.75) is 19.8 Å². The van der Waals surface area contributed by atoms with E-state index in [1.54, 1.807) is 15.9 Å². The highest BCUT2D eigenvalue weighted by atomic mass is 16.2. The predicted octanol–water partition coefficient (Wildman–Crippen LogP) is 2.04. The zero-order chi connectivity index (χ0) is 20.2. The summed E-state index contributed by atoms with van der Waals surface area (Å²) in [5, 5.41) is 3.21. The first-order valence-corrected chi connectivity index (χ1v) is 10.1. The number of nitrogens with zero attached hydrogens (tertiary/aromatic N) is 5. The van der Waals surface area contributed by atoms with Crippen molar-refractivity contribution in [3.63, 3.8) is 0 Å².